The smallest absolute Gasteiger partial charge is 0.335 e. The molecule has 11 nitrogen and oxygen atoms in total. The number of hydrogen-bond donors (Lipinski definition) is 4. The van der Waals surface area contributed by atoms with E-state index < -0.39 is 34.9 Å². The minimum Gasteiger partial charge on any atom is -0.478 e. The molecular weight excluding hydrogens is 408 g/mol. The molecule has 4 N–H and O–H groups in total. The third-order valence-electron chi connectivity index (χ3n) is 4.56. The van der Waals surface area contributed by atoms with Gasteiger partial charge in [-0.2, -0.15) is 0 Å². The van der Waals surface area contributed by atoms with Crippen LogP contribution in [0.2, 0.25) is 0 Å². The molecule has 0 saturated heterocycles. The molecule has 0 unspecified atom stereocenters. The number of carbonyl (C=O) groups excluding carboxylic acids is 3. The van der Waals surface area contributed by atoms with Crippen LogP contribution in [0.1, 0.15) is 41.4 Å². The van der Waals surface area contributed by atoms with Crippen molar-refractivity contribution in [3.05, 3.63) is 91.8 Å². The highest BCUT2D eigenvalue weighted by Gasteiger charge is 2.38. The summed E-state index contributed by atoms with van der Waals surface area (Å²) in [6, 6.07) is 9.39. The minimum absolute atomic E-state index is 0.0139. The molecule has 2 aromatic carbocycles. The SMILES string of the molecule is O=C(O)c1cccc(NC(=O)c2ccc3c(c2)C(=O)N(c2c[nH]c(=O)[nH]c2=O)C3=O)c1. The van der Waals surface area contributed by atoms with Crippen LogP contribution in [0.3, 0.4) is 0 Å². The third-order valence-corrected chi connectivity index (χ3v) is 4.56. The number of carbonyl (C=O) groups is 4. The van der Waals surface area contributed by atoms with Crippen LogP contribution in [0.15, 0.2) is 58.3 Å². The van der Waals surface area contributed by atoms with Gasteiger partial charge in [0.2, 0.25) is 0 Å². The van der Waals surface area contributed by atoms with Crippen molar-refractivity contribution in [3.63, 3.8) is 0 Å². The van der Waals surface area contributed by atoms with Crippen molar-refractivity contribution in [2.24, 2.45) is 0 Å². The quantitative estimate of drug-likeness (QED) is 0.453. The second kappa shape index (κ2) is 7.22. The lowest BCUT2D eigenvalue weighted by atomic mass is 10.1. The highest BCUT2D eigenvalue weighted by molar-refractivity contribution is 6.34. The lowest BCUT2D eigenvalue weighted by molar-refractivity contribution is 0.0696. The van der Waals surface area contributed by atoms with E-state index in [1.54, 1.807) is 0 Å². The topological polar surface area (TPSA) is 169 Å². The van der Waals surface area contributed by atoms with Gasteiger partial charge in [0.25, 0.3) is 23.3 Å². The number of benzene rings is 2. The highest BCUT2D eigenvalue weighted by Crippen LogP contribution is 2.27. The zero-order valence-corrected chi connectivity index (χ0v) is 15.5. The Hall–Kier alpha value is -4.80. The minimum atomic E-state index is -1.16. The summed E-state index contributed by atoms with van der Waals surface area (Å²) in [5.41, 5.74) is -1.93. The zero-order chi connectivity index (χ0) is 22.3. The molecule has 154 valence electrons. The molecule has 3 aromatic rings. The molecule has 1 aliphatic heterocycles. The first-order valence-electron chi connectivity index (χ1n) is 8.76. The van der Waals surface area contributed by atoms with Crippen LogP contribution in [0.5, 0.6) is 0 Å². The van der Waals surface area contributed by atoms with Crippen molar-refractivity contribution in [2.75, 3.05) is 10.2 Å². The van der Waals surface area contributed by atoms with Crippen molar-refractivity contribution in [1.29, 1.82) is 0 Å². The fraction of sp³-hybridized carbons (Fsp3) is 0. The van der Waals surface area contributed by atoms with E-state index in [-0.39, 0.29) is 33.6 Å². The standard InChI is InChI=1S/C20H12N4O7/c25-15(22-11-3-1-2-10(6-11)19(29)30)9-4-5-12-13(7-9)18(28)24(17(12)27)14-8-21-20(31)23-16(14)26/h1-8H,(H,22,25)(H,29,30)(H2,21,23,26,31). The summed E-state index contributed by atoms with van der Waals surface area (Å²) in [5, 5.41) is 11.6. The Morgan fingerprint density at radius 3 is 2.35 bits per heavy atom. The average molecular weight is 420 g/mol. The Morgan fingerprint density at radius 2 is 1.65 bits per heavy atom. The van der Waals surface area contributed by atoms with Crippen LogP contribution in [0.25, 0.3) is 0 Å². The first kappa shape index (κ1) is 19.5. The molecule has 11 heteroatoms. The molecule has 0 spiro atoms. The number of carboxylic acids is 1. The monoisotopic (exact) mass is 420 g/mol. The number of aromatic nitrogens is 2. The van der Waals surface area contributed by atoms with Gasteiger partial charge in [-0.15, -0.1) is 0 Å². The largest absolute Gasteiger partial charge is 0.478 e. The van der Waals surface area contributed by atoms with Crippen LogP contribution in [0, 0.1) is 0 Å². The number of anilines is 2. The molecule has 0 fully saturated rings. The number of amides is 3. The number of rotatable bonds is 4. The van der Waals surface area contributed by atoms with E-state index in [2.05, 4.69) is 10.3 Å². The van der Waals surface area contributed by atoms with Crippen molar-refractivity contribution >= 4 is 35.1 Å². The van der Waals surface area contributed by atoms with Crippen molar-refractivity contribution in [1.82, 2.24) is 9.97 Å². The van der Waals surface area contributed by atoms with Crippen LogP contribution < -0.4 is 21.5 Å². The number of carboxylic acid groups (broad SMARTS) is 1. The van der Waals surface area contributed by atoms with Gasteiger partial charge in [-0.3, -0.25) is 24.2 Å². The van der Waals surface area contributed by atoms with Gasteiger partial charge in [-0.25, -0.2) is 14.5 Å². The van der Waals surface area contributed by atoms with E-state index >= 15 is 0 Å². The summed E-state index contributed by atoms with van der Waals surface area (Å²) in [5.74, 6) is -3.40. The average Bonchev–Trinajstić information content (AvgIpc) is 2.98. The predicted octanol–water partition coefficient (Wildman–Crippen LogP) is 0.814. The second-order valence-electron chi connectivity index (χ2n) is 6.50. The van der Waals surface area contributed by atoms with E-state index in [1.807, 2.05) is 4.98 Å². The molecule has 2 heterocycles. The molecule has 1 aromatic heterocycles. The molecule has 4 rings (SSSR count). The van der Waals surface area contributed by atoms with Crippen molar-refractivity contribution in [2.45, 2.75) is 0 Å². The lowest BCUT2D eigenvalue weighted by Gasteiger charge is -2.11. The van der Waals surface area contributed by atoms with Gasteiger partial charge in [-0.05, 0) is 36.4 Å². The van der Waals surface area contributed by atoms with Crippen LogP contribution >= 0.6 is 0 Å². The number of aromatic amines is 2. The molecule has 0 saturated carbocycles. The van der Waals surface area contributed by atoms with Gasteiger partial charge in [0.1, 0.15) is 5.69 Å². The van der Waals surface area contributed by atoms with Gasteiger partial charge >= 0.3 is 11.7 Å². The number of aromatic carboxylic acids is 1. The number of hydrogen-bond acceptors (Lipinski definition) is 6. The lowest BCUT2D eigenvalue weighted by Crippen LogP contribution is -2.36. The molecule has 1 aliphatic rings. The second-order valence-corrected chi connectivity index (χ2v) is 6.50. The number of nitrogens with zero attached hydrogens (tertiary/aromatic N) is 1. The molecule has 0 atom stereocenters. The fourth-order valence-electron chi connectivity index (χ4n) is 3.10. The third kappa shape index (κ3) is 3.40. The first-order valence-corrected chi connectivity index (χ1v) is 8.76. The Morgan fingerprint density at radius 1 is 0.903 bits per heavy atom. The number of imide groups is 1. The number of nitrogens with one attached hydrogen (secondary N) is 3. The Labute approximate surface area is 172 Å². The molecule has 31 heavy (non-hydrogen) atoms. The van der Waals surface area contributed by atoms with Gasteiger partial charge < -0.3 is 15.4 Å². The van der Waals surface area contributed by atoms with E-state index in [4.69, 9.17) is 5.11 Å². The van der Waals surface area contributed by atoms with E-state index in [0.717, 1.165) is 6.20 Å². The van der Waals surface area contributed by atoms with Crippen molar-refractivity contribution < 1.29 is 24.3 Å². The molecule has 0 radical (unpaired) electrons. The van der Waals surface area contributed by atoms with E-state index in [1.165, 1.54) is 42.5 Å². The van der Waals surface area contributed by atoms with Gasteiger partial charge in [-0.1, -0.05) is 6.07 Å². The number of fused-ring (bicyclic) bond motifs is 1. The Bertz CT molecular complexity index is 1400. The molecular formula is C20H12N4O7. The fourth-order valence-corrected chi connectivity index (χ4v) is 3.10. The van der Waals surface area contributed by atoms with Gasteiger partial charge in [0.15, 0.2) is 0 Å². The summed E-state index contributed by atoms with van der Waals surface area (Å²) in [6.45, 7) is 0. The Balaban J connectivity index is 1.65. The summed E-state index contributed by atoms with van der Waals surface area (Å²) in [7, 11) is 0. The van der Waals surface area contributed by atoms with Crippen LogP contribution in [0.4, 0.5) is 11.4 Å². The van der Waals surface area contributed by atoms with Gasteiger partial charge in [0, 0.05) is 17.4 Å². The summed E-state index contributed by atoms with van der Waals surface area (Å²) in [6.07, 6.45) is 0.950. The molecule has 0 bridgehead atoms. The summed E-state index contributed by atoms with van der Waals surface area (Å²) >= 11 is 0. The maximum Gasteiger partial charge on any atom is 0.335 e. The van der Waals surface area contributed by atoms with E-state index in [0.29, 0.717) is 4.90 Å². The predicted molar refractivity (Wildman–Crippen MR) is 107 cm³/mol. The highest BCUT2D eigenvalue weighted by atomic mass is 16.4. The first-order chi connectivity index (χ1) is 14.8. The zero-order valence-electron chi connectivity index (χ0n) is 15.5. The normalized spacial score (nSPS) is 12.6. The maximum absolute atomic E-state index is 12.8. The Kier molecular flexibility index (Phi) is 4.55. The van der Waals surface area contributed by atoms with Gasteiger partial charge in [0.05, 0.1) is 16.7 Å². The van der Waals surface area contributed by atoms with Crippen molar-refractivity contribution in [3.8, 4) is 0 Å². The molecule has 0 aliphatic carbocycles. The molecule has 3 amide bonds. The van der Waals surface area contributed by atoms with E-state index in [9.17, 15) is 28.8 Å². The summed E-state index contributed by atoms with van der Waals surface area (Å²) < 4.78 is 0. The van der Waals surface area contributed by atoms with Crippen LogP contribution in [-0.2, 0) is 0 Å². The maximum atomic E-state index is 12.8. The number of H-pyrrole nitrogens is 2. The van der Waals surface area contributed by atoms with Crippen LogP contribution in [-0.4, -0.2) is 38.8 Å². The summed E-state index contributed by atoms with van der Waals surface area (Å²) in [4.78, 5) is 76.9.